The van der Waals surface area contributed by atoms with E-state index in [2.05, 4.69) is 12.2 Å². The van der Waals surface area contributed by atoms with Gasteiger partial charge in [-0.25, -0.2) is 4.79 Å². The van der Waals surface area contributed by atoms with Crippen LogP contribution in [-0.4, -0.2) is 28.1 Å². The van der Waals surface area contributed by atoms with Gasteiger partial charge in [0.15, 0.2) is 0 Å². The number of carbonyl (C=O) groups is 1. The summed E-state index contributed by atoms with van der Waals surface area (Å²) in [4.78, 5) is 11.1. The predicted molar refractivity (Wildman–Crippen MR) is 72.0 cm³/mol. The second-order valence-electron chi connectivity index (χ2n) is 4.61. The molecule has 0 aromatic heterocycles. The number of thioether (sulfide) groups is 1. The van der Waals surface area contributed by atoms with Gasteiger partial charge in [-0.05, 0) is 37.7 Å². The molecule has 92 valence electrons. The first-order valence-electron chi connectivity index (χ1n) is 5.81. The lowest BCUT2D eigenvalue weighted by molar-refractivity contribution is 0.0698. The lowest BCUT2D eigenvalue weighted by Crippen LogP contribution is -2.27. The summed E-state index contributed by atoms with van der Waals surface area (Å²) in [6.07, 6.45) is 2.45. The summed E-state index contributed by atoms with van der Waals surface area (Å²) in [5, 5.41) is 12.4. The number of aromatic carboxylic acids is 1. The molecule has 1 atom stereocenters. The zero-order valence-electron chi connectivity index (χ0n) is 9.90. The van der Waals surface area contributed by atoms with E-state index in [0.29, 0.717) is 11.3 Å². The Kier molecular flexibility index (Phi) is 3.62. The van der Waals surface area contributed by atoms with Crippen molar-refractivity contribution in [2.24, 2.45) is 0 Å². The number of nitrogens with one attached hydrogen (secondary N) is 1. The molecule has 0 aliphatic carbocycles. The molecule has 1 saturated heterocycles. The summed E-state index contributed by atoms with van der Waals surface area (Å²) in [5.74, 6) is 0.330. The lowest BCUT2D eigenvalue weighted by atomic mass is 10.1. The van der Waals surface area contributed by atoms with Crippen molar-refractivity contribution in [3.05, 3.63) is 29.8 Å². The molecule has 1 aliphatic rings. The van der Waals surface area contributed by atoms with Gasteiger partial charge in [0.25, 0.3) is 0 Å². The lowest BCUT2D eigenvalue weighted by Gasteiger charge is -2.24. The van der Waals surface area contributed by atoms with Crippen molar-refractivity contribution in [1.82, 2.24) is 0 Å². The fourth-order valence-electron chi connectivity index (χ4n) is 2.08. The van der Waals surface area contributed by atoms with Crippen LogP contribution in [0.2, 0.25) is 0 Å². The van der Waals surface area contributed by atoms with Crippen LogP contribution in [0.3, 0.4) is 0 Å². The molecular formula is C13H17NO2S. The minimum absolute atomic E-state index is 0.242. The third-order valence-electron chi connectivity index (χ3n) is 3.11. The summed E-state index contributed by atoms with van der Waals surface area (Å²) < 4.78 is 0.242. The molecular weight excluding hydrogens is 234 g/mol. The number of hydrogen-bond donors (Lipinski definition) is 2. The number of anilines is 1. The van der Waals surface area contributed by atoms with Gasteiger partial charge in [-0.3, -0.25) is 0 Å². The number of para-hydroxylation sites is 1. The van der Waals surface area contributed by atoms with Gasteiger partial charge >= 0.3 is 5.97 Å². The summed E-state index contributed by atoms with van der Waals surface area (Å²) in [7, 11) is 0. The van der Waals surface area contributed by atoms with E-state index in [1.807, 2.05) is 23.9 Å². The molecule has 17 heavy (non-hydrogen) atoms. The zero-order valence-corrected chi connectivity index (χ0v) is 10.7. The largest absolute Gasteiger partial charge is 0.478 e. The highest BCUT2D eigenvalue weighted by Gasteiger charge is 2.29. The Hall–Kier alpha value is -1.16. The van der Waals surface area contributed by atoms with Crippen molar-refractivity contribution in [1.29, 1.82) is 0 Å². The molecule has 1 aliphatic heterocycles. The summed E-state index contributed by atoms with van der Waals surface area (Å²) in [6, 6.07) is 7.07. The Balaban J connectivity index is 2.06. The molecule has 1 fully saturated rings. The highest BCUT2D eigenvalue weighted by atomic mass is 32.2. The Labute approximate surface area is 106 Å². The molecule has 0 amide bonds. The van der Waals surface area contributed by atoms with Crippen molar-refractivity contribution in [3.8, 4) is 0 Å². The normalized spacial score (nSPS) is 23.6. The molecule has 3 nitrogen and oxygen atoms in total. The quantitative estimate of drug-likeness (QED) is 0.863. The van der Waals surface area contributed by atoms with Gasteiger partial charge in [0.1, 0.15) is 0 Å². The highest BCUT2D eigenvalue weighted by Crippen LogP contribution is 2.37. The third-order valence-corrected chi connectivity index (χ3v) is 4.65. The maximum Gasteiger partial charge on any atom is 0.337 e. The van der Waals surface area contributed by atoms with E-state index in [1.165, 1.54) is 18.6 Å². The number of benzene rings is 1. The highest BCUT2D eigenvalue weighted by molar-refractivity contribution is 8.00. The van der Waals surface area contributed by atoms with E-state index < -0.39 is 5.97 Å². The number of hydrogen-bond acceptors (Lipinski definition) is 3. The molecule has 0 radical (unpaired) electrons. The Bertz CT molecular complexity index is 414. The summed E-state index contributed by atoms with van der Waals surface area (Å²) in [5.41, 5.74) is 1.06. The topological polar surface area (TPSA) is 49.3 Å². The number of rotatable bonds is 4. The Morgan fingerprint density at radius 3 is 2.94 bits per heavy atom. The van der Waals surface area contributed by atoms with Gasteiger partial charge in [0.05, 0.1) is 5.56 Å². The van der Waals surface area contributed by atoms with E-state index in [9.17, 15) is 4.79 Å². The van der Waals surface area contributed by atoms with Crippen LogP contribution < -0.4 is 5.32 Å². The van der Waals surface area contributed by atoms with Crippen LogP contribution in [0.15, 0.2) is 24.3 Å². The molecule has 2 rings (SSSR count). The first-order chi connectivity index (χ1) is 8.11. The van der Waals surface area contributed by atoms with Gasteiger partial charge in [0.2, 0.25) is 0 Å². The molecule has 1 unspecified atom stereocenters. The fraction of sp³-hybridized carbons (Fsp3) is 0.462. The molecule has 4 heteroatoms. The van der Waals surface area contributed by atoms with E-state index in [4.69, 9.17) is 5.11 Å². The summed E-state index contributed by atoms with van der Waals surface area (Å²) in [6.45, 7) is 3.06. The maximum absolute atomic E-state index is 11.1. The van der Waals surface area contributed by atoms with Crippen LogP contribution in [0.25, 0.3) is 0 Å². The van der Waals surface area contributed by atoms with Gasteiger partial charge in [-0.15, -0.1) is 0 Å². The van der Waals surface area contributed by atoms with Crippen molar-refractivity contribution in [2.75, 3.05) is 17.6 Å². The monoisotopic (exact) mass is 251 g/mol. The van der Waals surface area contributed by atoms with Crippen molar-refractivity contribution < 1.29 is 9.90 Å². The fourth-order valence-corrected chi connectivity index (χ4v) is 3.33. The van der Waals surface area contributed by atoms with Gasteiger partial charge in [-0.1, -0.05) is 12.1 Å². The van der Waals surface area contributed by atoms with Crippen LogP contribution >= 0.6 is 11.8 Å². The molecule has 1 aromatic carbocycles. The SMILES string of the molecule is CC1(CNc2ccccc2C(=O)O)CCCS1. The van der Waals surface area contributed by atoms with Crippen LogP contribution in [0.4, 0.5) is 5.69 Å². The van der Waals surface area contributed by atoms with Crippen molar-refractivity contribution in [2.45, 2.75) is 24.5 Å². The number of carboxylic acid groups (broad SMARTS) is 1. The zero-order chi connectivity index (χ0) is 12.3. The Morgan fingerprint density at radius 2 is 2.29 bits per heavy atom. The molecule has 1 aromatic rings. The summed E-state index contributed by atoms with van der Waals surface area (Å²) >= 11 is 1.97. The van der Waals surface area contributed by atoms with Crippen LogP contribution in [0.5, 0.6) is 0 Å². The van der Waals surface area contributed by atoms with Crippen LogP contribution in [0, 0.1) is 0 Å². The molecule has 0 spiro atoms. The average molecular weight is 251 g/mol. The smallest absolute Gasteiger partial charge is 0.337 e. The molecule has 1 heterocycles. The van der Waals surface area contributed by atoms with E-state index in [0.717, 1.165) is 6.54 Å². The minimum Gasteiger partial charge on any atom is -0.478 e. The van der Waals surface area contributed by atoms with E-state index in [-0.39, 0.29) is 4.75 Å². The van der Waals surface area contributed by atoms with Crippen molar-refractivity contribution in [3.63, 3.8) is 0 Å². The van der Waals surface area contributed by atoms with E-state index >= 15 is 0 Å². The van der Waals surface area contributed by atoms with Crippen LogP contribution in [0.1, 0.15) is 30.1 Å². The maximum atomic E-state index is 11.1. The standard InChI is InChI=1S/C13H17NO2S/c1-13(7-4-8-17-13)9-14-11-6-3-2-5-10(11)12(15)16/h2-3,5-6,14H,4,7-9H2,1H3,(H,15,16). The van der Waals surface area contributed by atoms with Gasteiger partial charge in [0, 0.05) is 17.0 Å². The van der Waals surface area contributed by atoms with Crippen LogP contribution in [-0.2, 0) is 0 Å². The number of carboxylic acids is 1. The first-order valence-corrected chi connectivity index (χ1v) is 6.79. The second-order valence-corrected chi connectivity index (χ2v) is 6.29. The molecule has 2 N–H and O–H groups in total. The Morgan fingerprint density at radius 1 is 1.53 bits per heavy atom. The molecule has 0 bridgehead atoms. The third kappa shape index (κ3) is 2.94. The van der Waals surface area contributed by atoms with Crippen molar-refractivity contribution >= 4 is 23.4 Å². The van der Waals surface area contributed by atoms with E-state index in [1.54, 1.807) is 12.1 Å². The second kappa shape index (κ2) is 5.00. The van der Waals surface area contributed by atoms with Gasteiger partial charge in [-0.2, -0.15) is 11.8 Å². The average Bonchev–Trinajstić information content (AvgIpc) is 2.74. The minimum atomic E-state index is -0.877. The molecule has 0 saturated carbocycles. The predicted octanol–water partition coefficient (Wildman–Crippen LogP) is 3.08. The first kappa shape index (κ1) is 12.3. The van der Waals surface area contributed by atoms with Gasteiger partial charge < -0.3 is 10.4 Å².